The second kappa shape index (κ2) is 7.78. The van der Waals surface area contributed by atoms with Gasteiger partial charge in [0.1, 0.15) is 12.7 Å². The standard InChI is InChI=1S/C16H22ClNO3/c1-12(2)9-18-7-8-20-13(10-18)11-21-16(19)14-5-3-4-6-15(14)17/h3-6,12-13H,7-11H2,1-2H3. The van der Waals surface area contributed by atoms with Gasteiger partial charge in [-0.15, -0.1) is 0 Å². The maximum Gasteiger partial charge on any atom is 0.339 e. The van der Waals surface area contributed by atoms with Crippen LogP contribution in [0, 0.1) is 5.92 Å². The normalized spacial score (nSPS) is 19.7. The first-order valence-electron chi connectivity index (χ1n) is 7.32. The minimum atomic E-state index is -0.398. The summed E-state index contributed by atoms with van der Waals surface area (Å²) < 4.78 is 11.0. The molecule has 116 valence electrons. The third-order valence-corrected chi connectivity index (χ3v) is 3.67. The third-order valence-electron chi connectivity index (χ3n) is 3.34. The van der Waals surface area contributed by atoms with Crippen LogP contribution in [0.3, 0.4) is 0 Å². The highest BCUT2D eigenvalue weighted by Gasteiger charge is 2.22. The summed E-state index contributed by atoms with van der Waals surface area (Å²) in [5.74, 6) is 0.222. The Hall–Kier alpha value is -1.10. The largest absolute Gasteiger partial charge is 0.459 e. The number of carbonyl (C=O) groups excluding carboxylic acids is 1. The van der Waals surface area contributed by atoms with Crippen LogP contribution < -0.4 is 0 Å². The Labute approximate surface area is 131 Å². The molecule has 0 aliphatic carbocycles. The van der Waals surface area contributed by atoms with E-state index in [2.05, 4.69) is 18.7 Å². The van der Waals surface area contributed by atoms with Crippen LogP contribution in [-0.2, 0) is 9.47 Å². The van der Waals surface area contributed by atoms with Crippen molar-refractivity contribution in [2.24, 2.45) is 5.92 Å². The summed E-state index contributed by atoms with van der Waals surface area (Å²) in [4.78, 5) is 14.3. The number of carbonyl (C=O) groups is 1. The predicted molar refractivity (Wildman–Crippen MR) is 82.8 cm³/mol. The van der Waals surface area contributed by atoms with E-state index in [1.165, 1.54) is 0 Å². The Bertz CT molecular complexity index is 478. The van der Waals surface area contributed by atoms with Gasteiger partial charge in [-0.25, -0.2) is 4.79 Å². The molecule has 21 heavy (non-hydrogen) atoms. The van der Waals surface area contributed by atoms with Gasteiger partial charge >= 0.3 is 5.97 Å². The zero-order valence-corrected chi connectivity index (χ0v) is 13.3. The molecule has 0 bridgehead atoms. The van der Waals surface area contributed by atoms with E-state index in [0.717, 1.165) is 19.6 Å². The molecule has 1 heterocycles. The molecule has 1 fully saturated rings. The molecule has 1 atom stereocenters. The van der Waals surface area contributed by atoms with Gasteiger partial charge in [0.05, 0.1) is 17.2 Å². The second-order valence-corrected chi connectivity index (χ2v) is 6.13. The van der Waals surface area contributed by atoms with Gasteiger partial charge in [-0.3, -0.25) is 4.90 Å². The Morgan fingerprint density at radius 1 is 1.48 bits per heavy atom. The summed E-state index contributed by atoms with van der Waals surface area (Å²) >= 11 is 5.98. The molecule has 1 saturated heterocycles. The average Bonchev–Trinajstić information content (AvgIpc) is 2.45. The summed E-state index contributed by atoms with van der Waals surface area (Å²) in [5, 5.41) is 0.411. The van der Waals surface area contributed by atoms with Gasteiger partial charge < -0.3 is 9.47 Å². The molecular formula is C16H22ClNO3. The quantitative estimate of drug-likeness (QED) is 0.784. The van der Waals surface area contributed by atoms with E-state index in [4.69, 9.17) is 21.1 Å². The highest BCUT2D eigenvalue weighted by Crippen LogP contribution is 2.16. The second-order valence-electron chi connectivity index (χ2n) is 5.72. The third kappa shape index (κ3) is 4.99. The number of ether oxygens (including phenoxy) is 2. The summed E-state index contributed by atoms with van der Waals surface area (Å²) in [6, 6.07) is 6.90. The highest BCUT2D eigenvalue weighted by atomic mass is 35.5. The van der Waals surface area contributed by atoms with E-state index < -0.39 is 5.97 Å². The topological polar surface area (TPSA) is 38.8 Å². The van der Waals surface area contributed by atoms with Crippen LogP contribution in [0.5, 0.6) is 0 Å². The summed E-state index contributed by atoms with van der Waals surface area (Å²) in [6.07, 6.45) is -0.0658. The fourth-order valence-electron chi connectivity index (χ4n) is 2.44. The van der Waals surface area contributed by atoms with Gasteiger partial charge in [0.2, 0.25) is 0 Å². The van der Waals surface area contributed by atoms with Gasteiger partial charge in [-0.05, 0) is 18.1 Å². The first kappa shape index (κ1) is 16.3. The Morgan fingerprint density at radius 2 is 2.24 bits per heavy atom. The van der Waals surface area contributed by atoms with Crippen LogP contribution in [0.1, 0.15) is 24.2 Å². The van der Waals surface area contributed by atoms with Crippen molar-refractivity contribution in [1.82, 2.24) is 4.90 Å². The molecule has 1 aliphatic heterocycles. The van der Waals surface area contributed by atoms with Crippen molar-refractivity contribution in [3.63, 3.8) is 0 Å². The molecule has 1 aliphatic rings. The zero-order chi connectivity index (χ0) is 15.2. The number of halogens is 1. The Balaban J connectivity index is 1.82. The Morgan fingerprint density at radius 3 is 2.95 bits per heavy atom. The number of esters is 1. The SMILES string of the molecule is CC(C)CN1CCOC(COC(=O)c2ccccc2Cl)C1. The number of rotatable bonds is 5. The maximum atomic E-state index is 12.0. The van der Waals surface area contributed by atoms with E-state index >= 15 is 0 Å². The molecule has 2 rings (SSSR count). The summed E-state index contributed by atoms with van der Waals surface area (Å²) in [6.45, 7) is 8.11. The zero-order valence-electron chi connectivity index (χ0n) is 12.5. The van der Waals surface area contributed by atoms with Crippen LogP contribution in [0.4, 0.5) is 0 Å². The summed E-state index contributed by atoms with van der Waals surface area (Å²) in [7, 11) is 0. The van der Waals surface area contributed by atoms with Gasteiger partial charge in [0.15, 0.2) is 0 Å². The van der Waals surface area contributed by atoms with E-state index in [9.17, 15) is 4.79 Å². The first-order chi connectivity index (χ1) is 10.1. The number of morpholine rings is 1. The molecule has 5 heteroatoms. The van der Waals surface area contributed by atoms with Crippen molar-refractivity contribution in [3.05, 3.63) is 34.9 Å². The molecule has 0 amide bonds. The van der Waals surface area contributed by atoms with Crippen molar-refractivity contribution in [3.8, 4) is 0 Å². The monoisotopic (exact) mass is 311 g/mol. The van der Waals surface area contributed by atoms with Crippen molar-refractivity contribution in [1.29, 1.82) is 0 Å². The molecule has 0 aromatic heterocycles. The van der Waals surface area contributed by atoms with Crippen LogP contribution in [0.15, 0.2) is 24.3 Å². The molecule has 0 radical (unpaired) electrons. The molecule has 0 N–H and O–H groups in total. The van der Waals surface area contributed by atoms with E-state index in [-0.39, 0.29) is 12.7 Å². The van der Waals surface area contributed by atoms with Crippen molar-refractivity contribution in [2.75, 3.05) is 32.8 Å². The molecule has 0 saturated carbocycles. The van der Waals surface area contributed by atoms with Crippen LogP contribution in [0.2, 0.25) is 5.02 Å². The highest BCUT2D eigenvalue weighted by molar-refractivity contribution is 6.33. The van der Waals surface area contributed by atoms with Gasteiger partial charge in [-0.2, -0.15) is 0 Å². The van der Waals surface area contributed by atoms with Crippen molar-refractivity contribution >= 4 is 17.6 Å². The lowest BCUT2D eigenvalue weighted by Gasteiger charge is -2.33. The van der Waals surface area contributed by atoms with Gasteiger partial charge in [-0.1, -0.05) is 37.6 Å². The molecule has 4 nitrogen and oxygen atoms in total. The molecule has 1 aromatic rings. The van der Waals surface area contributed by atoms with Crippen molar-refractivity contribution < 1.29 is 14.3 Å². The molecule has 1 unspecified atom stereocenters. The van der Waals surface area contributed by atoms with E-state index in [1.807, 2.05) is 0 Å². The first-order valence-corrected chi connectivity index (χ1v) is 7.69. The number of nitrogens with zero attached hydrogens (tertiary/aromatic N) is 1. The van der Waals surface area contributed by atoms with Crippen LogP contribution in [0.25, 0.3) is 0 Å². The number of hydrogen-bond acceptors (Lipinski definition) is 4. The van der Waals surface area contributed by atoms with Gasteiger partial charge in [0.25, 0.3) is 0 Å². The minimum Gasteiger partial charge on any atom is -0.459 e. The smallest absolute Gasteiger partial charge is 0.339 e. The van der Waals surface area contributed by atoms with E-state index in [0.29, 0.717) is 23.1 Å². The molecule has 0 spiro atoms. The average molecular weight is 312 g/mol. The van der Waals surface area contributed by atoms with Crippen molar-refractivity contribution in [2.45, 2.75) is 20.0 Å². The molecular weight excluding hydrogens is 290 g/mol. The number of hydrogen-bond donors (Lipinski definition) is 0. The van der Waals surface area contributed by atoms with Crippen LogP contribution >= 0.6 is 11.6 Å². The minimum absolute atomic E-state index is 0.0658. The summed E-state index contributed by atoms with van der Waals surface area (Å²) in [5.41, 5.74) is 0.397. The fraction of sp³-hybridized carbons (Fsp3) is 0.562. The van der Waals surface area contributed by atoms with E-state index in [1.54, 1.807) is 24.3 Å². The Kier molecular flexibility index (Phi) is 6.03. The predicted octanol–water partition coefficient (Wildman–Crippen LogP) is 2.85. The molecule has 1 aromatic carbocycles. The van der Waals surface area contributed by atoms with Gasteiger partial charge in [0, 0.05) is 19.6 Å². The fourth-order valence-corrected chi connectivity index (χ4v) is 2.65. The lowest BCUT2D eigenvalue weighted by Crippen LogP contribution is -2.45. The van der Waals surface area contributed by atoms with Crippen LogP contribution in [-0.4, -0.2) is 49.8 Å². The lowest BCUT2D eigenvalue weighted by atomic mass is 10.2. The number of benzene rings is 1. The lowest BCUT2D eigenvalue weighted by molar-refractivity contribution is -0.0612. The maximum absolute atomic E-state index is 12.0.